The van der Waals surface area contributed by atoms with Gasteiger partial charge < -0.3 is 0 Å². The van der Waals surface area contributed by atoms with Gasteiger partial charge in [-0.3, -0.25) is 0 Å². The van der Waals surface area contributed by atoms with Crippen LogP contribution < -0.4 is 0 Å². The third-order valence-electron chi connectivity index (χ3n) is 10.0. The van der Waals surface area contributed by atoms with Crippen molar-refractivity contribution in [3.05, 3.63) is 94.1 Å². The average molecular weight is 591 g/mol. The largest absolute Gasteiger partial charge is 0.279 e. The van der Waals surface area contributed by atoms with Gasteiger partial charge in [-0.25, -0.2) is 26.3 Å². The van der Waals surface area contributed by atoms with Gasteiger partial charge in [0.2, 0.25) is 0 Å². The summed E-state index contributed by atoms with van der Waals surface area (Å²) >= 11 is 0. The second kappa shape index (κ2) is 12.5. The van der Waals surface area contributed by atoms with Gasteiger partial charge in [0.1, 0.15) is 0 Å². The monoisotopic (exact) mass is 590 g/mol. The molecule has 0 aliphatic heterocycles. The van der Waals surface area contributed by atoms with Crippen LogP contribution in [0.5, 0.6) is 0 Å². The van der Waals surface area contributed by atoms with Crippen LogP contribution in [0.25, 0.3) is 11.1 Å². The summed E-state index contributed by atoms with van der Waals surface area (Å²) in [7, 11) is 0. The third-order valence-corrected chi connectivity index (χ3v) is 10.0. The number of rotatable bonds is 3. The molecule has 0 bridgehead atoms. The molecule has 0 amide bonds. The molecule has 3 aromatic rings. The van der Waals surface area contributed by atoms with E-state index in [0.717, 1.165) is 43.2 Å². The third kappa shape index (κ3) is 6.14. The van der Waals surface area contributed by atoms with Crippen LogP contribution in [0.2, 0.25) is 0 Å². The van der Waals surface area contributed by atoms with Gasteiger partial charge in [-0.2, -0.15) is 0 Å². The van der Waals surface area contributed by atoms with Crippen LogP contribution in [-0.4, -0.2) is 0 Å². The van der Waals surface area contributed by atoms with Gasteiger partial charge >= 0.3 is 0 Å². The first-order valence-corrected chi connectivity index (χ1v) is 15.4. The molecule has 2 saturated carbocycles. The van der Waals surface area contributed by atoms with E-state index in [2.05, 4.69) is 26.0 Å². The Hall–Kier alpha value is -2.76. The van der Waals surface area contributed by atoms with Crippen LogP contribution >= 0.6 is 0 Å². The summed E-state index contributed by atoms with van der Waals surface area (Å²) in [4.78, 5) is 0. The highest BCUT2D eigenvalue weighted by molar-refractivity contribution is 5.65. The summed E-state index contributed by atoms with van der Waals surface area (Å²) in [5, 5.41) is 0. The first-order valence-electron chi connectivity index (χ1n) is 15.4. The molecule has 3 aliphatic carbocycles. The Bertz CT molecular complexity index is 1390. The number of aryl methyl sites for hydroxylation is 1. The van der Waals surface area contributed by atoms with E-state index in [9.17, 15) is 26.3 Å². The maximum absolute atomic E-state index is 14.5. The van der Waals surface area contributed by atoms with E-state index < -0.39 is 40.7 Å². The predicted octanol–water partition coefficient (Wildman–Crippen LogP) is 11.8. The van der Waals surface area contributed by atoms with Gasteiger partial charge in [0, 0.05) is 14.3 Å². The Morgan fingerprint density at radius 2 is 1.26 bits per heavy atom. The van der Waals surface area contributed by atoms with E-state index >= 15 is 0 Å². The minimum absolute atomic E-state index is 0. The smallest absolute Gasteiger partial charge is 0.204 e. The molecule has 42 heavy (non-hydrogen) atoms. The summed E-state index contributed by atoms with van der Waals surface area (Å²) in [6, 6.07) is 13.5. The number of hydrogen-bond acceptors (Lipinski definition) is 0. The maximum atomic E-state index is 14.5. The van der Waals surface area contributed by atoms with Gasteiger partial charge in [0.15, 0.2) is 23.3 Å². The fraction of sp³-hybridized carbons (Fsp3) is 0.500. The fourth-order valence-corrected chi connectivity index (χ4v) is 7.22. The summed E-state index contributed by atoms with van der Waals surface area (Å²) in [6.45, 7) is 6.02. The van der Waals surface area contributed by atoms with Crippen molar-refractivity contribution in [3.63, 3.8) is 0 Å². The van der Waals surface area contributed by atoms with Crippen LogP contribution in [0, 0.1) is 53.9 Å². The van der Waals surface area contributed by atoms with Crippen molar-refractivity contribution in [2.75, 3.05) is 0 Å². The molecule has 0 N–H and O–H groups in total. The van der Waals surface area contributed by atoms with E-state index in [-0.39, 0.29) is 20.8 Å². The SMILES string of the molecule is CC1CCC(C2Cc3ccc(F)c(F)c3C2(F)F)CC1.Cc1ccc(-c2ccc(C3CCC(C)CC3)cc2)c(F)c1F.[HH].[HH]. The molecular weight excluding hydrogens is 546 g/mol. The minimum Gasteiger partial charge on any atom is -0.204 e. The highest BCUT2D eigenvalue weighted by atomic mass is 19.3. The lowest BCUT2D eigenvalue weighted by Crippen LogP contribution is -2.31. The molecule has 230 valence electrons. The van der Waals surface area contributed by atoms with E-state index in [4.69, 9.17) is 0 Å². The predicted molar refractivity (Wildman–Crippen MR) is 160 cm³/mol. The highest BCUT2D eigenvalue weighted by Gasteiger charge is 2.53. The van der Waals surface area contributed by atoms with Gasteiger partial charge in [-0.15, -0.1) is 0 Å². The minimum atomic E-state index is -3.24. The molecule has 0 nitrogen and oxygen atoms in total. The van der Waals surface area contributed by atoms with Crippen molar-refractivity contribution < 1.29 is 29.2 Å². The number of alkyl halides is 2. The van der Waals surface area contributed by atoms with E-state index in [1.165, 1.54) is 37.3 Å². The molecule has 0 radical (unpaired) electrons. The normalized spacial score (nSPS) is 26.7. The summed E-state index contributed by atoms with van der Waals surface area (Å²) in [5.74, 6) is -6.21. The van der Waals surface area contributed by atoms with E-state index in [1.54, 1.807) is 19.1 Å². The zero-order chi connectivity index (χ0) is 30.2. The molecule has 0 saturated heterocycles. The molecule has 2 fully saturated rings. The lowest BCUT2D eigenvalue weighted by molar-refractivity contribution is -0.0839. The molecule has 6 rings (SSSR count). The van der Waals surface area contributed by atoms with Gasteiger partial charge in [-0.05, 0) is 91.0 Å². The number of fused-ring (bicyclic) bond motifs is 1. The molecule has 6 heteroatoms. The summed E-state index contributed by atoms with van der Waals surface area (Å²) in [5.41, 5.74) is 2.33. The lowest BCUT2D eigenvalue weighted by Gasteiger charge is -2.33. The van der Waals surface area contributed by atoms with Crippen LogP contribution in [-0.2, 0) is 12.3 Å². The lowest BCUT2D eigenvalue weighted by atomic mass is 9.74. The number of halogens is 6. The second-order valence-electron chi connectivity index (χ2n) is 13.0. The van der Waals surface area contributed by atoms with Crippen LogP contribution in [0.4, 0.5) is 26.3 Å². The first kappa shape index (κ1) is 30.7. The topological polar surface area (TPSA) is 0 Å². The van der Waals surface area contributed by atoms with Crippen molar-refractivity contribution in [2.24, 2.45) is 23.7 Å². The van der Waals surface area contributed by atoms with Gasteiger partial charge in [0.05, 0.1) is 5.56 Å². The van der Waals surface area contributed by atoms with Gasteiger partial charge in [0.25, 0.3) is 5.92 Å². The van der Waals surface area contributed by atoms with Crippen molar-refractivity contribution in [2.45, 2.75) is 90.4 Å². The number of benzene rings is 3. The summed E-state index contributed by atoms with van der Waals surface area (Å²) in [6.07, 6.45) is 8.61. The van der Waals surface area contributed by atoms with Crippen LogP contribution in [0.3, 0.4) is 0 Å². The van der Waals surface area contributed by atoms with Crippen molar-refractivity contribution in [1.29, 1.82) is 0 Å². The Labute approximate surface area is 248 Å². The quantitative estimate of drug-likeness (QED) is 0.266. The zero-order valence-corrected chi connectivity index (χ0v) is 24.6. The summed E-state index contributed by atoms with van der Waals surface area (Å²) < 4.78 is 83.8. The first-order chi connectivity index (χ1) is 20.0. The molecule has 0 spiro atoms. The molecule has 1 atom stereocenters. The molecule has 0 aromatic heterocycles. The fourth-order valence-electron chi connectivity index (χ4n) is 7.22. The van der Waals surface area contributed by atoms with E-state index in [1.807, 2.05) is 12.1 Å². The number of hydrogen-bond donors (Lipinski definition) is 0. The molecular formula is C36H44F6. The average Bonchev–Trinajstić information content (AvgIpc) is 3.26. The Morgan fingerprint density at radius 3 is 1.88 bits per heavy atom. The van der Waals surface area contributed by atoms with Crippen molar-refractivity contribution >= 4 is 0 Å². The molecule has 3 aromatic carbocycles. The maximum Gasteiger partial charge on any atom is 0.279 e. The van der Waals surface area contributed by atoms with Crippen molar-refractivity contribution in [1.82, 2.24) is 0 Å². The van der Waals surface area contributed by atoms with Crippen molar-refractivity contribution in [3.8, 4) is 11.1 Å². The van der Waals surface area contributed by atoms with Gasteiger partial charge in [-0.1, -0.05) is 82.0 Å². The molecule has 1 unspecified atom stereocenters. The zero-order valence-electron chi connectivity index (χ0n) is 24.6. The molecule has 0 heterocycles. The molecule has 3 aliphatic rings. The standard InChI is InChI=1S/C20H22F2.C16H18F4.2H2/c1-13-3-6-15(7-4-13)16-8-10-17(11-9-16)18-12-5-14(2)19(21)20(18)22;1-9-2-4-10(5-3-9)12-8-11-6-7-13(17)15(18)14(11)16(12,19)20;;/h5,8-13,15H,3-4,6-7H2,1-2H3;6-7,9-10,12H,2-5,8H2,1H3;2*1H. The van der Waals surface area contributed by atoms with Crippen LogP contribution in [0.1, 0.15) is 96.2 Å². The Balaban J connectivity index is 0.000000231. The Kier molecular flexibility index (Phi) is 9.10. The van der Waals surface area contributed by atoms with E-state index in [0.29, 0.717) is 23.0 Å². The van der Waals surface area contributed by atoms with Crippen LogP contribution in [0.15, 0.2) is 48.5 Å². The highest BCUT2D eigenvalue weighted by Crippen LogP contribution is 2.53. The second-order valence-corrected chi connectivity index (χ2v) is 13.0. The Morgan fingerprint density at radius 1 is 0.667 bits per heavy atom.